The van der Waals surface area contributed by atoms with Crippen molar-refractivity contribution in [3.8, 4) is 0 Å². The van der Waals surface area contributed by atoms with Crippen LogP contribution >= 0.6 is 0 Å². The summed E-state index contributed by atoms with van der Waals surface area (Å²) in [5.74, 6) is -0.493. The summed E-state index contributed by atoms with van der Waals surface area (Å²) < 4.78 is 4.56. The number of esters is 1. The van der Waals surface area contributed by atoms with Crippen molar-refractivity contribution in [3.63, 3.8) is 0 Å². The van der Waals surface area contributed by atoms with Crippen LogP contribution in [0.4, 0.5) is 0 Å². The van der Waals surface area contributed by atoms with Crippen LogP contribution in [-0.4, -0.2) is 30.5 Å². The molecule has 1 aromatic heterocycles. The first-order chi connectivity index (χ1) is 10.6. The van der Waals surface area contributed by atoms with Crippen molar-refractivity contribution in [1.29, 1.82) is 0 Å². The van der Waals surface area contributed by atoms with Gasteiger partial charge in [-0.25, -0.2) is 0 Å². The van der Waals surface area contributed by atoms with Gasteiger partial charge in [0.25, 0.3) is 0 Å². The smallest absolute Gasteiger partial charge is 0.325 e. The Morgan fingerprint density at radius 2 is 2.14 bits per heavy atom. The first-order valence-electron chi connectivity index (χ1n) is 7.55. The second-order valence-electron chi connectivity index (χ2n) is 5.79. The fourth-order valence-corrected chi connectivity index (χ4v) is 3.41. The van der Waals surface area contributed by atoms with Crippen LogP contribution in [0, 0.1) is 5.92 Å². The normalized spacial score (nSPS) is 20.5. The van der Waals surface area contributed by atoms with E-state index < -0.39 is 5.97 Å². The summed E-state index contributed by atoms with van der Waals surface area (Å²) in [6.45, 7) is 2.01. The zero-order chi connectivity index (χ0) is 15.7. The summed E-state index contributed by atoms with van der Waals surface area (Å²) in [5, 5.41) is 3.87. The molecule has 2 unspecified atom stereocenters. The van der Waals surface area contributed by atoms with Crippen LogP contribution in [0.2, 0.25) is 0 Å². The number of rotatable bonds is 3. The van der Waals surface area contributed by atoms with E-state index >= 15 is 0 Å². The second-order valence-corrected chi connectivity index (χ2v) is 5.79. The Bertz CT molecular complexity index is 720. The number of aromatic nitrogens is 1. The second kappa shape index (κ2) is 5.83. The lowest BCUT2D eigenvalue weighted by atomic mass is 9.77. The molecular weight excluding hydrogens is 280 g/mol. The van der Waals surface area contributed by atoms with E-state index in [-0.39, 0.29) is 24.3 Å². The largest absolute Gasteiger partial charge is 0.468 e. The van der Waals surface area contributed by atoms with Gasteiger partial charge in [-0.2, -0.15) is 0 Å². The van der Waals surface area contributed by atoms with Gasteiger partial charge in [-0.1, -0.05) is 25.1 Å². The van der Waals surface area contributed by atoms with Crippen molar-refractivity contribution in [2.24, 2.45) is 5.92 Å². The number of hydrogen-bond donors (Lipinski definition) is 2. The van der Waals surface area contributed by atoms with Gasteiger partial charge in [-0.15, -0.1) is 0 Å². The number of carbonyl (C=O) groups excluding carboxylic acids is 2. The standard InChI is InChI=1S/C17H20N2O3/c1-10-11(17(21)18-9-15(20)22-2)7-8-14-16(10)12-5-3-4-6-13(12)19-14/h3-6,10-11,19H,7-9H2,1-2H3,(H,18,21). The SMILES string of the molecule is COC(=O)CNC(=O)C1CCc2[nH]c3ccccc3c2C1C. The number of amides is 1. The number of aromatic amines is 1. The average Bonchev–Trinajstić information content (AvgIpc) is 2.91. The van der Waals surface area contributed by atoms with Crippen LogP contribution in [0.25, 0.3) is 10.9 Å². The quantitative estimate of drug-likeness (QED) is 0.853. The van der Waals surface area contributed by atoms with E-state index in [2.05, 4.69) is 34.1 Å². The third-order valence-electron chi connectivity index (χ3n) is 4.56. The number of para-hydroxylation sites is 1. The summed E-state index contributed by atoms with van der Waals surface area (Å²) in [7, 11) is 1.32. The van der Waals surface area contributed by atoms with Crippen LogP contribution in [0.3, 0.4) is 0 Å². The average molecular weight is 300 g/mol. The lowest BCUT2D eigenvalue weighted by Gasteiger charge is -2.28. The Kier molecular flexibility index (Phi) is 3.88. The van der Waals surface area contributed by atoms with Crippen LogP contribution in [-0.2, 0) is 20.7 Å². The molecule has 116 valence electrons. The van der Waals surface area contributed by atoms with Gasteiger partial charge in [0, 0.05) is 22.5 Å². The minimum absolute atomic E-state index is 0.0701. The number of benzene rings is 1. The number of hydrogen-bond acceptors (Lipinski definition) is 3. The molecule has 1 amide bonds. The molecule has 2 aromatic rings. The number of carbonyl (C=O) groups is 2. The molecule has 0 fully saturated rings. The van der Waals surface area contributed by atoms with Gasteiger partial charge in [0.2, 0.25) is 5.91 Å². The van der Waals surface area contributed by atoms with Crippen molar-refractivity contribution in [2.45, 2.75) is 25.7 Å². The zero-order valence-electron chi connectivity index (χ0n) is 12.8. The predicted octanol–water partition coefficient (Wildman–Crippen LogP) is 2.12. The monoisotopic (exact) mass is 300 g/mol. The Balaban J connectivity index is 1.83. The molecule has 3 rings (SSSR count). The van der Waals surface area contributed by atoms with Crippen LogP contribution in [0.1, 0.15) is 30.5 Å². The highest BCUT2D eigenvalue weighted by Crippen LogP contribution is 2.40. The summed E-state index contributed by atoms with van der Waals surface area (Å²) >= 11 is 0. The van der Waals surface area contributed by atoms with Gasteiger partial charge in [-0.3, -0.25) is 9.59 Å². The molecule has 0 saturated carbocycles. The molecule has 1 aliphatic carbocycles. The molecule has 22 heavy (non-hydrogen) atoms. The third-order valence-corrected chi connectivity index (χ3v) is 4.56. The van der Waals surface area contributed by atoms with Crippen LogP contribution < -0.4 is 5.32 Å². The molecule has 2 atom stereocenters. The molecule has 1 aliphatic rings. The van der Waals surface area contributed by atoms with E-state index in [1.807, 2.05) is 12.1 Å². The lowest BCUT2D eigenvalue weighted by molar-refractivity contribution is -0.141. The van der Waals surface area contributed by atoms with E-state index in [4.69, 9.17) is 0 Å². The Morgan fingerprint density at radius 3 is 2.91 bits per heavy atom. The summed E-state index contributed by atoms with van der Waals surface area (Å²) in [4.78, 5) is 27.0. The molecule has 5 nitrogen and oxygen atoms in total. The fourth-order valence-electron chi connectivity index (χ4n) is 3.41. The van der Waals surface area contributed by atoms with Gasteiger partial charge in [0.15, 0.2) is 0 Å². The topological polar surface area (TPSA) is 71.2 Å². The summed E-state index contributed by atoms with van der Waals surface area (Å²) in [6.07, 6.45) is 1.64. The first kappa shape index (κ1) is 14.6. The third kappa shape index (κ3) is 2.47. The zero-order valence-corrected chi connectivity index (χ0v) is 12.8. The maximum absolute atomic E-state index is 12.4. The number of ether oxygens (including phenoxy) is 1. The Labute approximate surface area is 129 Å². The van der Waals surface area contributed by atoms with Crippen molar-refractivity contribution in [3.05, 3.63) is 35.5 Å². The number of nitrogens with one attached hydrogen (secondary N) is 2. The molecule has 1 aromatic carbocycles. The molecule has 1 heterocycles. The van der Waals surface area contributed by atoms with E-state index in [1.54, 1.807) is 0 Å². The van der Waals surface area contributed by atoms with E-state index in [0.717, 1.165) is 18.4 Å². The van der Waals surface area contributed by atoms with Crippen molar-refractivity contribution in [1.82, 2.24) is 10.3 Å². The van der Waals surface area contributed by atoms with Crippen LogP contribution in [0.5, 0.6) is 0 Å². The molecule has 5 heteroatoms. The van der Waals surface area contributed by atoms with Crippen LogP contribution in [0.15, 0.2) is 24.3 Å². The Morgan fingerprint density at radius 1 is 1.36 bits per heavy atom. The van der Waals surface area contributed by atoms with Gasteiger partial charge in [0.1, 0.15) is 6.54 Å². The molecule has 2 N–H and O–H groups in total. The first-order valence-corrected chi connectivity index (χ1v) is 7.55. The maximum atomic E-state index is 12.4. The molecular formula is C17H20N2O3. The molecule has 0 bridgehead atoms. The highest BCUT2D eigenvalue weighted by Gasteiger charge is 2.33. The predicted molar refractivity (Wildman–Crippen MR) is 83.6 cm³/mol. The molecule has 0 spiro atoms. The Hall–Kier alpha value is -2.30. The van der Waals surface area contributed by atoms with E-state index in [0.29, 0.717) is 0 Å². The van der Waals surface area contributed by atoms with Gasteiger partial charge >= 0.3 is 5.97 Å². The highest BCUT2D eigenvalue weighted by molar-refractivity contribution is 5.89. The number of aryl methyl sites for hydroxylation is 1. The van der Waals surface area contributed by atoms with Gasteiger partial charge in [-0.05, 0) is 30.4 Å². The van der Waals surface area contributed by atoms with Gasteiger partial charge < -0.3 is 15.0 Å². The minimum Gasteiger partial charge on any atom is -0.468 e. The van der Waals surface area contributed by atoms with Crippen molar-refractivity contribution in [2.75, 3.05) is 13.7 Å². The lowest BCUT2D eigenvalue weighted by Crippen LogP contribution is -2.38. The molecule has 0 saturated heterocycles. The fraction of sp³-hybridized carbons (Fsp3) is 0.412. The highest BCUT2D eigenvalue weighted by atomic mass is 16.5. The van der Waals surface area contributed by atoms with Crippen molar-refractivity contribution >= 4 is 22.8 Å². The van der Waals surface area contributed by atoms with E-state index in [9.17, 15) is 9.59 Å². The maximum Gasteiger partial charge on any atom is 0.325 e. The molecule has 0 aliphatic heterocycles. The summed E-state index contributed by atoms with van der Waals surface area (Å²) in [5.41, 5.74) is 3.58. The minimum atomic E-state index is -0.426. The molecule has 0 radical (unpaired) electrons. The number of H-pyrrole nitrogens is 1. The van der Waals surface area contributed by atoms with Crippen molar-refractivity contribution < 1.29 is 14.3 Å². The summed E-state index contributed by atoms with van der Waals surface area (Å²) in [6, 6.07) is 8.18. The number of methoxy groups -OCH3 is 1. The van der Waals surface area contributed by atoms with Gasteiger partial charge in [0.05, 0.1) is 7.11 Å². The van der Waals surface area contributed by atoms with E-state index in [1.165, 1.54) is 23.8 Å². The number of fused-ring (bicyclic) bond motifs is 3.